The number of hydrogen-bond donors (Lipinski definition) is 2. The van der Waals surface area contributed by atoms with E-state index in [-0.39, 0.29) is 34.0 Å². The highest BCUT2D eigenvalue weighted by atomic mass is 19.1. The van der Waals surface area contributed by atoms with E-state index < -0.39 is 22.6 Å². The predicted molar refractivity (Wildman–Crippen MR) is 154 cm³/mol. The van der Waals surface area contributed by atoms with Gasteiger partial charge in [0.2, 0.25) is 0 Å². The number of pyridine rings is 1. The van der Waals surface area contributed by atoms with Gasteiger partial charge in [-0.3, -0.25) is 23.3 Å². The summed E-state index contributed by atoms with van der Waals surface area (Å²) in [6, 6.07) is 11.8. The van der Waals surface area contributed by atoms with Crippen molar-refractivity contribution < 1.29 is 4.39 Å². The first-order valence-electron chi connectivity index (χ1n) is 13.1. The van der Waals surface area contributed by atoms with Crippen LogP contribution in [0, 0.1) is 19.7 Å². The fourth-order valence-corrected chi connectivity index (χ4v) is 5.01. The van der Waals surface area contributed by atoms with E-state index in [0.717, 1.165) is 23.4 Å². The first kappa shape index (κ1) is 26.2. The Bertz CT molecular complexity index is 1830. The zero-order valence-corrected chi connectivity index (χ0v) is 22.8. The molecule has 1 saturated carbocycles. The van der Waals surface area contributed by atoms with E-state index in [9.17, 15) is 18.8 Å². The molecule has 4 aromatic rings. The van der Waals surface area contributed by atoms with Crippen LogP contribution in [0.4, 0.5) is 21.6 Å². The number of rotatable bonds is 7. The number of halogens is 1. The Morgan fingerprint density at radius 1 is 1.08 bits per heavy atom. The van der Waals surface area contributed by atoms with Crippen LogP contribution in [0.25, 0.3) is 16.6 Å². The number of allylic oxidation sites excluding steroid dienone is 2. The van der Waals surface area contributed by atoms with E-state index in [1.807, 2.05) is 32.0 Å². The Kier molecular flexibility index (Phi) is 6.76. The van der Waals surface area contributed by atoms with Crippen molar-refractivity contribution in [3.63, 3.8) is 0 Å². The third-order valence-corrected chi connectivity index (χ3v) is 7.09. The zero-order chi connectivity index (χ0) is 28.0. The Balaban J connectivity index is 1.85. The van der Waals surface area contributed by atoms with Crippen molar-refractivity contribution in [2.75, 3.05) is 10.6 Å². The molecule has 202 valence electrons. The number of aryl methyl sites for hydroxylation is 2. The van der Waals surface area contributed by atoms with Gasteiger partial charge in [-0.2, -0.15) is 0 Å². The average Bonchev–Trinajstić information content (AvgIpc) is 3.72. The molecule has 8 nitrogen and oxygen atoms in total. The lowest BCUT2D eigenvalue weighted by Crippen LogP contribution is -2.41. The molecule has 39 heavy (non-hydrogen) atoms. The van der Waals surface area contributed by atoms with Crippen LogP contribution in [0.1, 0.15) is 50.3 Å². The summed E-state index contributed by atoms with van der Waals surface area (Å²) in [5.74, 6) is -0.381. The Hall–Kier alpha value is -4.40. The fraction of sp³-hybridized carbons (Fsp3) is 0.300. The SMILES string of the molecule is CC/C=C(\C)Nc1cccc(-n2c(=O)n(C3CC3)c(=O)c3c(Nc4ccc(C)cc4F)n(C)c(=O)c(C)c32)c1. The third-order valence-electron chi connectivity index (χ3n) is 7.09. The number of fused-ring (bicyclic) bond motifs is 1. The summed E-state index contributed by atoms with van der Waals surface area (Å²) in [4.78, 5) is 41.3. The van der Waals surface area contributed by atoms with Gasteiger partial charge in [0.15, 0.2) is 0 Å². The molecule has 0 radical (unpaired) electrons. The molecule has 1 aliphatic carbocycles. The van der Waals surface area contributed by atoms with Crippen LogP contribution >= 0.6 is 0 Å². The molecule has 9 heteroatoms. The molecule has 0 bridgehead atoms. The third kappa shape index (κ3) is 4.69. The molecule has 1 fully saturated rings. The largest absolute Gasteiger partial charge is 0.359 e. The molecule has 0 atom stereocenters. The molecular weight excluding hydrogens is 497 g/mol. The van der Waals surface area contributed by atoms with Crippen molar-refractivity contribution in [1.29, 1.82) is 0 Å². The molecule has 0 aliphatic heterocycles. The van der Waals surface area contributed by atoms with E-state index >= 15 is 0 Å². The summed E-state index contributed by atoms with van der Waals surface area (Å²) in [6.45, 7) is 7.39. The first-order valence-corrected chi connectivity index (χ1v) is 13.1. The van der Waals surface area contributed by atoms with E-state index in [1.54, 1.807) is 32.0 Å². The van der Waals surface area contributed by atoms with Crippen LogP contribution in [0.3, 0.4) is 0 Å². The van der Waals surface area contributed by atoms with Gasteiger partial charge < -0.3 is 10.6 Å². The standard InChI is InChI=1S/C30H32FN5O3/c1-6-8-18(3)32-20-9-7-10-22(16-20)35-26-19(4)28(37)34(5)27(33-24-14-11-17(2)15-23(24)31)25(26)29(38)36(30(35)39)21-12-13-21/h7-11,14-16,21,32-33H,6,12-13H2,1-5H3/b18-8+. The van der Waals surface area contributed by atoms with Crippen LogP contribution in [0.2, 0.25) is 0 Å². The second-order valence-electron chi connectivity index (χ2n) is 10.2. The minimum atomic E-state index is -0.513. The van der Waals surface area contributed by atoms with Crippen LogP contribution < -0.4 is 27.4 Å². The lowest BCUT2D eigenvalue weighted by molar-refractivity contribution is 0.630. The lowest BCUT2D eigenvalue weighted by atomic mass is 10.1. The molecular formula is C30H32FN5O3. The molecule has 0 spiro atoms. The van der Waals surface area contributed by atoms with Crippen molar-refractivity contribution in [2.24, 2.45) is 7.05 Å². The zero-order valence-electron chi connectivity index (χ0n) is 22.8. The normalized spacial score (nSPS) is 13.6. The Morgan fingerprint density at radius 3 is 2.49 bits per heavy atom. The van der Waals surface area contributed by atoms with Gasteiger partial charge in [-0.25, -0.2) is 9.18 Å². The molecule has 5 rings (SSSR count). The van der Waals surface area contributed by atoms with E-state index in [0.29, 0.717) is 18.5 Å². The van der Waals surface area contributed by atoms with Gasteiger partial charge in [-0.1, -0.05) is 25.1 Å². The predicted octanol–water partition coefficient (Wildman–Crippen LogP) is 5.41. The number of anilines is 3. The summed E-state index contributed by atoms with van der Waals surface area (Å²) < 4.78 is 18.9. The number of aromatic nitrogens is 3. The molecule has 2 heterocycles. The summed E-state index contributed by atoms with van der Waals surface area (Å²) >= 11 is 0. The quantitative estimate of drug-likeness (QED) is 0.334. The highest BCUT2D eigenvalue weighted by Gasteiger charge is 2.31. The number of hydrogen-bond acceptors (Lipinski definition) is 5. The molecule has 2 aromatic carbocycles. The molecule has 2 N–H and O–H groups in total. The summed E-state index contributed by atoms with van der Waals surface area (Å²) in [6.07, 6.45) is 4.35. The van der Waals surface area contributed by atoms with Gasteiger partial charge in [-0.05, 0) is 75.9 Å². The Labute approximate surface area is 225 Å². The maximum Gasteiger partial charge on any atom is 0.336 e. The maximum atomic E-state index is 14.9. The molecule has 0 unspecified atom stereocenters. The van der Waals surface area contributed by atoms with Crippen molar-refractivity contribution in [3.8, 4) is 5.69 Å². The fourth-order valence-electron chi connectivity index (χ4n) is 5.01. The van der Waals surface area contributed by atoms with E-state index in [4.69, 9.17) is 0 Å². The average molecular weight is 530 g/mol. The van der Waals surface area contributed by atoms with Crippen molar-refractivity contribution >= 4 is 28.1 Å². The van der Waals surface area contributed by atoms with Crippen molar-refractivity contribution in [2.45, 2.75) is 53.0 Å². The van der Waals surface area contributed by atoms with Crippen molar-refractivity contribution in [3.05, 3.63) is 102 Å². The summed E-state index contributed by atoms with van der Waals surface area (Å²) in [7, 11) is 1.53. The van der Waals surface area contributed by atoms with E-state index in [1.165, 1.54) is 26.8 Å². The number of benzene rings is 2. The lowest BCUT2D eigenvalue weighted by Gasteiger charge is -2.21. The molecule has 0 saturated heterocycles. The minimum Gasteiger partial charge on any atom is -0.359 e. The summed E-state index contributed by atoms with van der Waals surface area (Å²) in [5.41, 5.74) is 2.16. The van der Waals surface area contributed by atoms with Crippen LogP contribution in [0.15, 0.2) is 68.6 Å². The molecule has 2 aromatic heterocycles. The highest BCUT2D eigenvalue weighted by Crippen LogP contribution is 2.34. The maximum absolute atomic E-state index is 14.9. The first-order chi connectivity index (χ1) is 18.6. The topological polar surface area (TPSA) is 90.1 Å². The monoisotopic (exact) mass is 529 g/mol. The van der Waals surface area contributed by atoms with Gasteiger partial charge in [0.1, 0.15) is 17.0 Å². The molecule has 1 aliphatic rings. The van der Waals surface area contributed by atoms with Crippen LogP contribution in [-0.4, -0.2) is 13.7 Å². The number of nitrogens with one attached hydrogen (secondary N) is 2. The van der Waals surface area contributed by atoms with Crippen molar-refractivity contribution in [1.82, 2.24) is 13.7 Å². The van der Waals surface area contributed by atoms with E-state index in [2.05, 4.69) is 16.7 Å². The molecule has 0 amide bonds. The number of nitrogens with zero attached hydrogens (tertiary/aromatic N) is 3. The van der Waals surface area contributed by atoms with Gasteiger partial charge in [0.05, 0.1) is 16.9 Å². The summed E-state index contributed by atoms with van der Waals surface area (Å²) in [5, 5.41) is 6.48. The minimum absolute atomic E-state index is 0.125. The van der Waals surface area contributed by atoms with Gasteiger partial charge >= 0.3 is 5.69 Å². The second-order valence-corrected chi connectivity index (χ2v) is 10.2. The van der Waals surface area contributed by atoms with Gasteiger partial charge in [0, 0.05) is 30.0 Å². The van der Waals surface area contributed by atoms with Crippen LogP contribution in [-0.2, 0) is 7.05 Å². The van der Waals surface area contributed by atoms with Crippen LogP contribution in [0.5, 0.6) is 0 Å². The van der Waals surface area contributed by atoms with Gasteiger partial charge in [-0.15, -0.1) is 0 Å². The second kappa shape index (κ2) is 10.1. The smallest absolute Gasteiger partial charge is 0.336 e. The highest BCUT2D eigenvalue weighted by molar-refractivity contribution is 5.93. The van der Waals surface area contributed by atoms with Gasteiger partial charge in [0.25, 0.3) is 11.1 Å². The Morgan fingerprint density at radius 2 is 1.82 bits per heavy atom.